The third-order valence-electron chi connectivity index (χ3n) is 11.7. The van der Waals surface area contributed by atoms with Crippen molar-refractivity contribution in [2.45, 2.75) is 19.3 Å². The normalized spacial score (nSPS) is 13.0. The smallest absolute Gasteiger partial charge is 0.160 e. The highest BCUT2D eigenvalue weighted by Gasteiger charge is 2.37. The van der Waals surface area contributed by atoms with E-state index in [-0.39, 0.29) is 5.41 Å². The monoisotopic (exact) mass is 716 g/mol. The second kappa shape index (κ2) is 12.5. The van der Waals surface area contributed by atoms with Gasteiger partial charge in [0, 0.05) is 32.9 Å². The Bertz CT molecular complexity index is 3170. The van der Waals surface area contributed by atoms with Crippen molar-refractivity contribution in [1.29, 1.82) is 0 Å². The summed E-state index contributed by atoms with van der Waals surface area (Å²) in [7, 11) is 0. The minimum Gasteiger partial charge on any atom is -0.456 e. The van der Waals surface area contributed by atoms with Crippen LogP contribution in [0, 0.1) is 0 Å². The van der Waals surface area contributed by atoms with Gasteiger partial charge in [0.15, 0.2) is 5.82 Å². The Balaban J connectivity index is 1.03. The van der Waals surface area contributed by atoms with E-state index >= 15 is 0 Å². The van der Waals surface area contributed by atoms with Crippen LogP contribution in [-0.2, 0) is 5.41 Å². The molecule has 11 rings (SSSR count). The fourth-order valence-electron chi connectivity index (χ4n) is 8.78. The number of aromatic nitrogens is 2. The molecule has 2 heterocycles. The van der Waals surface area contributed by atoms with Crippen molar-refractivity contribution in [3.63, 3.8) is 0 Å². The Morgan fingerprint density at radius 1 is 0.393 bits per heavy atom. The molecule has 3 nitrogen and oxygen atoms in total. The van der Waals surface area contributed by atoms with Gasteiger partial charge in [-0.2, -0.15) is 0 Å². The molecule has 2 aromatic heterocycles. The molecule has 10 aromatic rings. The highest BCUT2D eigenvalue weighted by Crippen LogP contribution is 2.53. The van der Waals surface area contributed by atoms with Crippen LogP contribution in [0.1, 0.15) is 25.0 Å². The molecule has 0 bridgehead atoms. The summed E-state index contributed by atoms with van der Waals surface area (Å²) in [5, 5.41) is 4.80. The standard InChI is InChI=1S/C53H36N2O/c1-53(2)45-23-12-22-41(51(45)44-29-35-15-6-7-16-36(35)30-46(44)53)38-18-11-20-40(28-38)48-32-47(54-52(55-48)33-13-4-3-5-14-33)39-19-10-17-34(27-39)37-25-26-43-42-21-8-9-24-49(42)56-50(43)31-37/h3-32H,1-2H3. The molecular weight excluding hydrogens is 681 g/mol. The van der Waals surface area contributed by atoms with Crippen molar-refractivity contribution in [1.82, 2.24) is 9.97 Å². The maximum Gasteiger partial charge on any atom is 0.160 e. The second-order valence-corrected chi connectivity index (χ2v) is 15.4. The summed E-state index contributed by atoms with van der Waals surface area (Å²) in [4.78, 5) is 10.4. The van der Waals surface area contributed by atoms with Gasteiger partial charge in [-0.15, -0.1) is 0 Å². The summed E-state index contributed by atoms with van der Waals surface area (Å²) in [5.74, 6) is 0.695. The first-order valence-electron chi connectivity index (χ1n) is 19.2. The summed E-state index contributed by atoms with van der Waals surface area (Å²) in [6.45, 7) is 4.71. The molecule has 264 valence electrons. The average Bonchev–Trinajstić information content (AvgIpc) is 3.74. The zero-order valence-electron chi connectivity index (χ0n) is 31.1. The molecule has 0 N–H and O–H groups in total. The molecular formula is C53H36N2O. The van der Waals surface area contributed by atoms with E-state index in [0.29, 0.717) is 5.82 Å². The second-order valence-electron chi connectivity index (χ2n) is 15.4. The summed E-state index contributed by atoms with van der Waals surface area (Å²) in [6, 6.07) is 64.8. The van der Waals surface area contributed by atoms with Crippen LogP contribution in [0.15, 0.2) is 186 Å². The fourth-order valence-corrected chi connectivity index (χ4v) is 8.78. The van der Waals surface area contributed by atoms with E-state index in [1.807, 2.05) is 30.3 Å². The van der Waals surface area contributed by atoms with E-state index < -0.39 is 0 Å². The van der Waals surface area contributed by atoms with Gasteiger partial charge in [-0.25, -0.2) is 9.97 Å². The van der Waals surface area contributed by atoms with Gasteiger partial charge in [0.05, 0.1) is 11.4 Å². The number of fused-ring (bicyclic) bond motifs is 7. The Morgan fingerprint density at radius 3 is 1.80 bits per heavy atom. The predicted molar refractivity (Wildman–Crippen MR) is 232 cm³/mol. The summed E-state index contributed by atoms with van der Waals surface area (Å²) in [5.41, 5.74) is 16.4. The van der Waals surface area contributed by atoms with Gasteiger partial charge in [-0.1, -0.05) is 147 Å². The Labute approximate surface area is 325 Å². The molecule has 1 aliphatic rings. The van der Waals surface area contributed by atoms with Crippen molar-refractivity contribution in [2.75, 3.05) is 0 Å². The molecule has 8 aromatic carbocycles. The van der Waals surface area contributed by atoms with Crippen LogP contribution in [0.4, 0.5) is 0 Å². The highest BCUT2D eigenvalue weighted by atomic mass is 16.3. The first kappa shape index (κ1) is 32.3. The van der Waals surface area contributed by atoms with E-state index in [0.717, 1.165) is 61.1 Å². The Morgan fingerprint density at radius 2 is 1.00 bits per heavy atom. The quantitative estimate of drug-likeness (QED) is 0.178. The molecule has 0 atom stereocenters. The summed E-state index contributed by atoms with van der Waals surface area (Å²) in [6.07, 6.45) is 0. The number of hydrogen-bond donors (Lipinski definition) is 0. The average molecular weight is 717 g/mol. The summed E-state index contributed by atoms with van der Waals surface area (Å²) >= 11 is 0. The Hall–Kier alpha value is -7.10. The van der Waals surface area contributed by atoms with Gasteiger partial charge in [0.2, 0.25) is 0 Å². The number of benzene rings is 8. The molecule has 1 aliphatic carbocycles. The van der Waals surface area contributed by atoms with Crippen LogP contribution in [0.5, 0.6) is 0 Å². The van der Waals surface area contributed by atoms with Crippen LogP contribution >= 0.6 is 0 Å². The van der Waals surface area contributed by atoms with Crippen molar-refractivity contribution in [2.24, 2.45) is 0 Å². The van der Waals surface area contributed by atoms with Gasteiger partial charge in [0.25, 0.3) is 0 Å². The number of para-hydroxylation sites is 1. The first-order valence-corrected chi connectivity index (χ1v) is 19.2. The van der Waals surface area contributed by atoms with E-state index in [2.05, 4.69) is 166 Å². The SMILES string of the molecule is CC1(C)c2cc3ccccc3cc2-c2c(-c3cccc(-c4cc(-c5cccc(-c6ccc7c(c6)oc6ccccc67)c5)nc(-c5ccccc5)n4)c3)cccc21. The zero-order chi connectivity index (χ0) is 37.4. The van der Waals surface area contributed by atoms with Crippen LogP contribution in [0.2, 0.25) is 0 Å². The van der Waals surface area contributed by atoms with Gasteiger partial charge < -0.3 is 4.42 Å². The number of furan rings is 1. The van der Waals surface area contributed by atoms with E-state index in [9.17, 15) is 0 Å². The molecule has 56 heavy (non-hydrogen) atoms. The maximum atomic E-state index is 6.25. The number of rotatable bonds is 5. The third kappa shape index (κ3) is 5.20. The third-order valence-corrected chi connectivity index (χ3v) is 11.7. The van der Waals surface area contributed by atoms with Gasteiger partial charge >= 0.3 is 0 Å². The lowest BCUT2D eigenvalue weighted by molar-refractivity contribution is 0.661. The van der Waals surface area contributed by atoms with Crippen LogP contribution < -0.4 is 0 Å². The first-order chi connectivity index (χ1) is 27.5. The topological polar surface area (TPSA) is 38.9 Å². The van der Waals surface area contributed by atoms with Crippen molar-refractivity contribution in [3.05, 3.63) is 193 Å². The van der Waals surface area contributed by atoms with E-state index in [1.165, 1.54) is 44.2 Å². The molecule has 0 aliphatic heterocycles. The molecule has 0 saturated heterocycles. The number of hydrogen-bond acceptors (Lipinski definition) is 3. The predicted octanol–water partition coefficient (Wildman–Crippen LogP) is 14.2. The van der Waals surface area contributed by atoms with Crippen LogP contribution in [-0.4, -0.2) is 9.97 Å². The van der Waals surface area contributed by atoms with Crippen molar-refractivity contribution < 1.29 is 4.42 Å². The van der Waals surface area contributed by atoms with Crippen LogP contribution in [0.25, 0.3) is 100.0 Å². The van der Waals surface area contributed by atoms with E-state index in [1.54, 1.807) is 0 Å². The molecule has 0 amide bonds. The molecule has 0 radical (unpaired) electrons. The fraction of sp³-hybridized carbons (Fsp3) is 0.0566. The molecule has 0 spiro atoms. The summed E-state index contributed by atoms with van der Waals surface area (Å²) < 4.78 is 6.25. The molecule has 0 saturated carbocycles. The lowest BCUT2D eigenvalue weighted by Gasteiger charge is -2.22. The van der Waals surface area contributed by atoms with Crippen molar-refractivity contribution >= 4 is 32.7 Å². The molecule has 3 heteroatoms. The van der Waals surface area contributed by atoms with Crippen molar-refractivity contribution in [3.8, 4) is 67.3 Å². The minimum absolute atomic E-state index is 0.110. The van der Waals surface area contributed by atoms with Crippen LogP contribution in [0.3, 0.4) is 0 Å². The highest BCUT2D eigenvalue weighted by molar-refractivity contribution is 6.06. The zero-order valence-corrected chi connectivity index (χ0v) is 31.1. The van der Waals surface area contributed by atoms with Gasteiger partial charge in [-0.05, 0) is 104 Å². The van der Waals surface area contributed by atoms with Gasteiger partial charge in [0.1, 0.15) is 11.2 Å². The minimum atomic E-state index is -0.110. The number of nitrogens with zero attached hydrogens (tertiary/aromatic N) is 2. The lowest BCUT2D eigenvalue weighted by atomic mass is 9.81. The largest absolute Gasteiger partial charge is 0.456 e. The molecule has 0 fully saturated rings. The molecule has 0 unspecified atom stereocenters. The lowest BCUT2D eigenvalue weighted by Crippen LogP contribution is -2.14. The Kier molecular flexibility index (Phi) is 7.20. The van der Waals surface area contributed by atoms with E-state index in [4.69, 9.17) is 14.4 Å². The van der Waals surface area contributed by atoms with Gasteiger partial charge in [-0.3, -0.25) is 0 Å². The maximum absolute atomic E-state index is 6.25.